The number of hydrogen-bond donors (Lipinski definition) is 2. The summed E-state index contributed by atoms with van der Waals surface area (Å²) in [5.41, 5.74) is 0. The van der Waals surface area contributed by atoms with Crippen molar-refractivity contribution in [3.8, 4) is 0 Å². The topological polar surface area (TPSA) is 77.4 Å². The maximum absolute atomic E-state index is 10.8. The fraction of sp³-hybridized carbons (Fsp3) is 1.00. The van der Waals surface area contributed by atoms with Crippen LogP contribution in [0.25, 0.3) is 0 Å². The van der Waals surface area contributed by atoms with Crippen LogP contribution in [-0.2, 0) is 18.9 Å². The molecule has 0 aromatic carbocycles. The molecule has 6 nitrogen and oxygen atoms in total. The minimum Gasteiger partial charge on any atom is -0.387 e. The van der Waals surface area contributed by atoms with E-state index < -0.39 is 36.6 Å². The predicted octanol–water partition coefficient (Wildman–Crippen LogP) is 0.733. The summed E-state index contributed by atoms with van der Waals surface area (Å²) in [6.07, 6.45) is -0.0481. The van der Waals surface area contributed by atoms with E-state index in [1.54, 1.807) is 0 Å². The number of aliphatic hydroxyl groups excluding tert-OH is 2. The number of hydrogen-bond acceptors (Lipinski definition) is 8. The van der Waals surface area contributed by atoms with Gasteiger partial charge >= 0.3 is 0 Å². The van der Waals surface area contributed by atoms with E-state index in [1.807, 2.05) is 23.5 Å². The minimum atomic E-state index is -0.823. The first-order valence-electron chi connectivity index (χ1n) is 8.93. The van der Waals surface area contributed by atoms with Gasteiger partial charge in [0.15, 0.2) is 12.6 Å². The zero-order chi connectivity index (χ0) is 16.3. The van der Waals surface area contributed by atoms with Gasteiger partial charge in [-0.25, -0.2) is 0 Å². The third-order valence-electron chi connectivity index (χ3n) is 5.70. The lowest BCUT2D eigenvalue weighted by Gasteiger charge is -2.38. The maximum atomic E-state index is 10.8. The molecule has 4 aliphatic heterocycles. The Morgan fingerprint density at radius 2 is 1.00 bits per heavy atom. The van der Waals surface area contributed by atoms with E-state index >= 15 is 0 Å². The molecule has 10 atom stereocenters. The van der Waals surface area contributed by atoms with E-state index in [1.165, 1.54) is 0 Å². The SMILES string of the molecule is O[C@@H]1[C@H]2OC(C3CCCS3)O[C@H]2[C@@H](O)[C@@H]2OC(C3CCCS3)O[C@@H]12. The summed E-state index contributed by atoms with van der Waals surface area (Å²) >= 11 is 3.70. The molecule has 0 radical (unpaired) electrons. The van der Waals surface area contributed by atoms with Crippen molar-refractivity contribution in [2.75, 3.05) is 11.5 Å². The second-order valence-corrected chi connectivity index (χ2v) is 9.92. The van der Waals surface area contributed by atoms with Crippen LogP contribution >= 0.6 is 23.5 Å². The molecule has 5 fully saturated rings. The zero-order valence-electron chi connectivity index (χ0n) is 13.4. The van der Waals surface area contributed by atoms with Crippen LogP contribution in [0.5, 0.6) is 0 Å². The van der Waals surface area contributed by atoms with Gasteiger partial charge in [0.25, 0.3) is 0 Å². The van der Waals surface area contributed by atoms with Gasteiger partial charge in [0.1, 0.15) is 36.6 Å². The monoisotopic (exact) mass is 376 g/mol. The van der Waals surface area contributed by atoms with Gasteiger partial charge in [0, 0.05) is 0 Å². The van der Waals surface area contributed by atoms with E-state index in [-0.39, 0.29) is 12.6 Å². The first-order valence-corrected chi connectivity index (χ1v) is 11.0. The van der Waals surface area contributed by atoms with Crippen molar-refractivity contribution < 1.29 is 29.2 Å². The summed E-state index contributed by atoms with van der Waals surface area (Å²) < 4.78 is 24.0. The molecule has 0 spiro atoms. The smallest absolute Gasteiger partial charge is 0.170 e. The summed E-state index contributed by atoms with van der Waals surface area (Å²) in [5.74, 6) is 2.24. The van der Waals surface area contributed by atoms with Gasteiger partial charge in [0.05, 0.1) is 10.5 Å². The molecule has 5 aliphatic rings. The lowest BCUT2D eigenvalue weighted by Crippen LogP contribution is -2.61. The van der Waals surface area contributed by atoms with Crippen molar-refractivity contribution in [3.05, 3.63) is 0 Å². The van der Waals surface area contributed by atoms with Gasteiger partial charge in [-0.2, -0.15) is 23.5 Å². The molecule has 2 N–H and O–H groups in total. The third-order valence-corrected chi connectivity index (χ3v) is 8.52. The Morgan fingerprint density at radius 1 is 0.625 bits per heavy atom. The highest BCUT2D eigenvalue weighted by atomic mass is 32.2. The van der Waals surface area contributed by atoms with E-state index in [0.29, 0.717) is 10.5 Å². The first kappa shape index (κ1) is 16.6. The molecule has 1 saturated carbocycles. The number of rotatable bonds is 2. The molecule has 0 amide bonds. The highest BCUT2D eigenvalue weighted by Crippen LogP contribution is 2.44. The normalized spacial score (nSPS) is 57.2. The van der Waals surface area contributed by atoms with Crippen LogP contribution in [0.3, 0.4) is 0 Å². The second-order valence-electron chi connectivity index (χ2n) is 7.22. The van der Waals surface area contributed by atoms with Gasteiger partial charge in [-0.3, -0.25) is 0 Å². The van der Waals surface area contributed by atoms with Crippen LogP contribution in [-0.4, -0.2) is 81.4 Å². The van der Waals surface area contributed by atoms with E-state index in [9.17, 15) is 10.2 Å². The van der Waals surface area contributed by atoms with E-state index in [2.05, 4.69) is 0 Å². The Morgan fingerprint density at radius 3 is 1.29 bits per heavy atom. The first-order chi connectivity index (χ1) is 11.7. The van der Waals surface area contributed by atoms with Crippen LogP contribution in [0, 0.1) is 0 Å². The Kier molecular flexibility index (Phi) is 4.55. The number of fused-ring (bicyclic) bond motifs is 2. The summed E-state index contributed by atoms with van der Waals surface area (Å²) in [4.78, 5) is 0. The van der Waals surface area contributed by atoms with Gasteiger partial charge in [0.2, 0.25) is 0 Å². The molecule has 4 unspecified atom stereocenters. The van der Waals surface area contributed by atoms with Crippen molar-refractivity contribution >= 4 is 23.5 Å². The number of thioether (sulfide) groups is 2. The van der Waals surface area contributed by atoms with Crippen molar-refractivity contribution in [3.63, 3.8) is 0 Å². The molecule has 0 aromatic heterocycles. The third kappa shape index (κ3) is 2.65. The van der Waals surface area contributed by atoms with Gasteiger partial charge in [-0.1, -0.05) is 0 Å². The summed E-state index contributed by atoms with van der Waals surface area (Å²) in [6.45, 7) is 0. The van der Waals surface area contributed by atoms with Crippen molar-refractivity contribution in [2.45, 2.75) is 85.4 Å². The average molecular weight is 376 g/mol. The molecule has 1 aliphatic carbocycles. The van der Waals surface area contributed by atoms with E-state index in [4.69, 9.17) is 18.9 Å². The Labute approximate surface area is 149 Å². The predicted molar refractivity (Wildman–Crippen MR) is 90.0 cm³/mol. The van der Waals surface area contributed by atoms with Crippen LogP contribution in [0.2, 0.25) is 0 Å². The highest BCUT2D eigenvalue weighted by Gasteiger charge is 2.61. The van der Waals surface area contributed by atoms with Crippen LogP contribution in [0.15, 0.2) is 0 Å². The van der Waals surface area contributed by atoms with Gasteiger partial charge < -0.3 is 29.2 Å². The fourth-order valence-electron chi connectivity index (χ4n) is 4.45. The molecular formula is C16H24O6S2. The largest absolute Gasteiger partial charge is 0.387 e. The zero-order valence-corrected chi connectivity index (χ0v) is 15.0. The summed E-state index contributed by atoms with van der Waals surface area (Å²) in [5, 5.41) is 22.1. The molecule has 5 rings (SSSR count). The van der Waals surface area contributed by atoms with Crippen LogP contribution in [0.4, 0.5) is 0 Å². The quantitative estimate of drug-likeness (QED) is 0.731. The van der Waals surface area contributed by atoms with Gasteiger partial charge in [-0.15, -0.1) is 0 Å². The standard InChI is InChI=1S/C16H24O6S2/c17-9-11-12(20-15(19-11)7-3-1-5-23-7)10(18)14-13(9)21-16(22-14)8-4-2-6-24-8/h7-18H,1-6H2/t7?,8?,9-,10-,11-,12-,13-,14+,15?,16?/m0/s1. The molecule has 136 valence electrons. The second kappa shape index (κ2) is 6.56. The average Bonchev–Trinajstić information content (AvgIpc) is 3.39. The molecule has 24 heavy (non-hydrogen) atoms. The molecule has 4 heterocycles. The Bertz CT molecular complexity index is 403. The van der Waals surface area contributed by atoms with Crippen LogP contribution in [0.1, 0.15) is 25.7 Å². The minimum absolute atomic E-state index is 0.291. The van der Waals surface area contributed by atoms with E-state index in [0.717, 1.165) is 37.2 Å². The van der Waals surface area contributed by atoms with Crippen molar-refractivity contribution in [1.82, 2.24) is 0 Å². The maximum Gasteiger partial charge on any atom is 0.170 e. The van der Waals surface area contributed by atoms with Gasteiger partial charge in [-0.05, 0) is 37.2 Å². The lowest BCUT2D eigenvalue weighted by molar-refractivity contribution is -0.152. The van der Waals surface area contributed by atoms with Crippen molar-refractivity contribution in [1.29, 1.82) is 0 Å². The molecular weight excluding hydrogens is 352 g/mol. The molecule has 0 aromatic rings. The Hall–Kier alpha value is 0.460. The number of aliphatic hydroxyl groups is 2. The highest BCUT2D eigenvalue weighted by molar-refractivity contribution is 8.00. The summed E-state index contributed by atoms with van der Waals surface area (Å²) in [7, 11) is 0. The molecule has 4 saturated heterocycles. The molecule has 0 bridgehead atoms. The number of ether oxygens (including phenoxy) is 4. The van der Waals surface area contributed by atoms with Crippen molar-refractivity contribution in [2.24, 2.45) is 0 Å². The fourth-order valence-corrected chi connectivity index (χ4v) is 6.96. The molecule has 8 heteroatoms. The summed E-state index contributed by atoms with van der Waals surface area (Å²) in [6, 6.07) is 0. The van der Waals surface area contributed by atoms with Crippen LogP contribution < -0.4 is 0 Å². The Balaban J connectivity index is 1.30. The lowest BCUT2D eigenvalue weighted by atomic mass is 9.85.